The van der Waals surface area contributed by atoms with Crippen LogP contribution in [0.15, 0.2) is 30.3 Å². The molecule has 3 atom stereocenters. The van der Waals surface area contributed by atoms with Gasteiger partial charge < -0.3 is 0 Å². The Hall–Kier alpha value is -0.0213. The molecule has 0 aliphatic heterocycles. The topological polar surface area (TPSA) is 3.24 Å². The van der Waals surface area contributed by atoms with E-state index in [4.69, 9.17) is 0 Å². The number of hydrogen-bond acceptors (Lipinski definition) is 1. The van der Waals surface area contributed by atoms with Crippen LogP contribution in [0.1, 0.15) is 33.1 Å². The Kier molecular flexibility index (Phi) is 4.21. The third-order valence-corrected chi connectivity index (χ3v) is 19.8. The Balaban J connectivity index is 2.03. The average Bonchev–Trinajstić information content (AvgIpc) is 2.82. The summed E-state index contributed by atoms with van der Waals surface area (Å²) in [5, 5.41) is 0. The molecule has 1 aromatic carbocycles. The molecule has 0 N–H and O–H groups in total. The Morgan fingerprint density at radius 3 is 2.32 bits per heavy atom. The third-order valence-electron chi connectivity index (χ3n) is 7.42. The molecule has 0 heterocycles. The molecule has 0 aromatic heterocycles. The number of nitrogens with zero attached hydrogens (tertiary/aromatic N) is 1. The van der Waals surface area contributed by atoms with Crippen LogP contribution >= 0.6 is 0 Å². The molecule has 2 heteroatoms. The number of rotatable bonds is 4. The molecule has 3 rings (SSSR count). The molecule has 0 saturated heterocycles. The van der Waals surface area contributed by atoms with Crippen LogP contribution in [0.25, 0.3) is 0 Å². The van der Waals surface area contributed by atoms with E-state index in [1.54, 1.807) is 3.58 Å². The van der Waals surface area contributed by atoms with Gasteiger partial charge in [-0.3, -0.25) is 0 Å². The molecule has 0 unspecified atom stereocenters. The van der Waals surface area contributed by atoms with Crippen molar-refractivity contribution in [2.75, 3.05) is 20.6 Å². The Morgan fingerprint density at radius 1 is 1.14 bits per heavy atom. The average molecular weight is 406 g/mol. The van der Waals surface area contributed by atoms with Gasteiger partial charge in [0.05, 0.1) is 0 Å². The van der Waals surface area contributed by atoms with E-state index >= 15 is 0 Å². The second kappa shape index (κ2) is 5.51. The first-order valence-electron chi connectivity index (χ1n) is 8.92. The van der Waals surface area contributed by atoms with Gasteiger partial charge in [0.15, 0.2) is 0 Å². The summed E-state index contributed by atoms with van der Waals surface area (Å²) in [6.45, 7) is 6.45. The van der Waals surface area contributed by atoms with E-state index in [-0.39, 0.29) is 0 Å². The zero-order valence-corrected chi connectivity index (χ0v) is 18.2. The van der Waals surface area contributed by atoms with Crippen molar-refractivity contribution in [2.24, 2.45) is 16.7 Å². The van der Waals surface area contributed by atoms with Crippen LogP contribution in [0.3, 0.4) is 0 Å². The molecule has 1 nitrogen and oxygen atoms in total. The minimum atomic E-state index is -2.33. The van der Waals surface area contributed by atoms with Crippen LogP contribution in [0.2, 0.25) is 13.8 Å². The van der Waals surface area contributed by atoms with E-state index < -0.39 is 18.4 Å². The van der Waals surface area contributed by atoms with Crippen LogP contribution in [0, 0.1) is 16.7 Å². The Labute approximate surface area is 141 Å². The van der Waals surface area contributed by atoms with E-state index in [0.29, 0.717) is 10.8 Å². The Bertz CT molecular complexity index is 534. The van der Waals surface area contributed by atoms with Crippen LogP contribution < -0.4 is 3.58 Å². The predicted molar refractivity (Wildman–Crippen MR) is 99.4 cm³/mol. The summed E-state index contributed by atoms with van der Waals surface area (Å²) in [5.74, 6) is 0.956. The monoisotopic (exact) mass is 407 g/mol. The molecule has 2 aliphatic carbocycles. The summed E-state index contributed by atoms with van der Waals surface area (Å²) in [5.41, 5.74) is 1.07. The number of fused-ring (bicyclic) bond motifs is 2. The molecule has 2 aliphatic rings. The number of hydrogen-bond donors (Lipinski definition) is 0. The van der Waals surface area contributed by atoms with Crippen LogP contribution in [0.4, 0.5) is 0 Å². The molecular weight excluding hydrogens is 373 g/mol. The van der Waals surface area contributed by atoms with E-state index in [0.717, 1.165) is 9.85 Å². The second-order valence-corrected chi connectivity index (χ2v) is 22.7. The summed E-state index contributed by atoms with van der Waals surface area (Å²) >= 11 is -2.33. The fraction of sp³-hybridized carbons (Fsp3) is 0.700. The van der Waals surface area contributed by atoms with Crippen LogP contribution in [-0.4, -0.2) is 43.9 Å². The quantitative estimate of drug-likeness (QED) is 0.672. The van der Waals surface area contributed by atoms with Gasteiger partial charge in [0.2, 0.25) is 0 Å². The minimum absolute atomic E-state index is 0.519. The van der Waals surface area contributed by atoms with Gasteiger partial charge in [0.1, 0.15) is 0 Å². The SMILES string of the molecule is CN(C)C[C@]12CC[C@H](C[C@@H]1[Sn]([CH3])([CH3])[c]1ccccc1)C2(C)C. The molecule has 2 saturated carbocycles. The first kappa shape index (κ1) is 16.8. The summed E-state index contributed by atoms with van der Waals surface area (Å²) in [4.78, 5) is 7.86. The van der Waals surface area contributed by atoms with Gasteiger partial charge in [-0.25, -0.2) is 0 Å². The predicted octanol–water partition coefficient (Wildman–Crippen LogP) is 4.36. The zero-order valence-electron chi connectivity index (χ0n) is 15.3. The summed E-state index contributed by atoms with van der Waals surface area (Å²) in [6, 6.07) is 11.5. The van der Waals surface area contributed by atoms with E-state index in [1.165, 1.54) is 25.8 Å². The third kappa shape index (κ3) is 2.30. The first-order chi connectivity index (χ1) is 10.2. The molecule has 1 aromatic rings. The van der Waals surface area contributed by atoms with E-state index in [2.05, 4.69) is 73.1 Å². The molecule has 2 bridgehead atoms. The van der Waals surface area contributed by atoms with Crippen LogP contribution in [0.5, 0.6) is 0 Å². The van der Waals surface area contributed by atoms with Crippen molar-refractivity contribution in [3.63, 3.8) is 0 Å². The van der Waals surface area contributed by atoms with Crippen molar-refractivity contribution in [3.05, 3.63) is 30.3 Å². The number of benzene rings is 1. The molecule has 122 valence electrons. The van der Waals surface area contributed by atoms with Crippen molar-refractivity contribution < 1.29 is 0 Å². The fourth-order valence-corrected chi connectivity index (χ4v) is 18.4. The van der Waals surface area contributed by atoms with Gasteiger partial charge in [-0.15, -0.1) is 0 Å². The van der Waals surface area contributed by atoms with Crippen molar-refractivity contribution in [2.45, 2.75) is 46.9 Å². The van der Waals surface area contributed by atoms with Gasteiger partial charge in [-0.05, 0) is 0 Å². The summed E-state index contributed by atoms with van der Waals surface area (Å²) < 4.78 is 2.71. The van der Waals surface area contributed by atoms with Gasteiger partial charge in [0, 0.05) is 0 Å². The normalized spacial score (nSPS) is 33.6. The molecule has 22 heavy (non-hydrogen) atoms. The van der Waals surface area contributed by atoms with Gasteiger partial charge in [-0.2, -0.15) is 0 Å². The van der Waals surface area contributed by atoms with Crippen molar-refractivity contribution >= 4 is 22.0 Å². The van der Waals surface area contributed by atoms with Crippen LogP contribution in [-0.2, 0) is 0 Å². The fourth-order valence-electron chi connectivity index (χ4n) is 6.08. The van der Waals surface area contributed by atoms with Crippen molar-refractivity contribution in [1.29, 1.82) is 0 Å². The second-order valence-electron chi connectivity index (χ2n) is 9.23. The first-order valence-corrected chi connectivity index (χ1v) is 17.7. The maximum atomic E-state index is 2.70. The van der Waals surface area contributed by atoms with Gasteiger partial charge in [0.25, 0.3) is 0 Å². The standard InChI is InChI=1S/C12H22N.C6H5.2CH3.Sn/c1-11(2)10-5-7-12(11,8-6-10)9-13(3)4;1-2-4-6-5-3-1;;;/h7,10H,5-6,8-9H2,1-4H3;1-5H;2*1H3;/t10-,12+;;;;/m0..../s1. The molecule has 0 radical (unpaired) electrons. The molecular formula is C20H33NSn. The molecule has 0 spiro atoms. The van der Waals surface area contributed by atoms with Gasteiger partial charge in [-0.1, -0.05) is 0 Å². The van der Waals surface area contributed by atoms with E-state index in [1.807, 2.05) is 0 Å². The molecule has 2 fully saturated rings. The van der Waals surface area contributed by atoms with Crippen molar-refractivity contribution in [1.82, 2.24) is 4.90 Å². The van der Waals surface area contributed by atoms with E-state index in [9.17, 15) is 0 Å². The van der Waals surface area contributed by atoms with Gasteiger partial charge >= 0.3 is 141 Å². The Morgan fingerprint density at radius 2 is 1.77 bits per heavy atom. The summed E-state index contributed by atoms with van der Waals surface area (Å²) in [7, 11) is 4.55. The zero-order chi connectivity index (χ0) is 16.2. The van der Waals surface area contributed by atoms with Crippen molar-refractivity contribution in [3.8, 4) is 0 Å². The maximum absolute atomic E-state index is 2.70. The summed E-state index contributed by atoms with van der Waals surface area (Å²) in [6.07, 6.45) is 4.42. The molecule has 0 amide bonds.